The van der Waals surface area contributed by atoms with Gasteiger partial charge < -0.3 is 5.32 Å². The molecule has 0 spiro atoms. The molecule has 0 saturated carbocycles. The van der Waals surface area contributed by atoms with Crippen LogP contribution in [0, 0.1) is 6.92 Å². The van der Waals surface area contributed by atoms with Gasteiger partial charge >= 0.3 is 0 Å². The highest BCUT2D eigenvalue weighted by Gasteiger charge is 2.18. The maximum Gasteiger partial charge on any atom is 0.0641 e. The second-order valence-electron chi connectivity index (χ2n) is 4.65. The molecule has 1 aliphatic rings. The van der Waals surface area contributed by atoms with Crippen molar-refractivity contribution in [2.24, 2.45) is 7.05 Å². The fraction of sp³-hybridized carbons (Fsp3) is 0.750. The molecule has 2 rings (SSSR count). The number of aromatic nitrogens is 2. The number of hydrogen-bond acceptors (Lipinski definition) is 3. The van der Waals surface area contributed by atoms with Gasteiger partial charge in [-0.3, -0.25) is 4.68 Å². The molecule has 2 unspecified atom stereocenters. The molecule has 1 saturated heterocycles. The van der Waals surface area contributed by atoms with Gasteiger partial charge in [-0.15, -0.1) is 0 Å². The quantitative estimate of drug-likeness (QED) is 0.877. The topological polar surface area (TPSA) is 29.9 Å². The van der Waals surface area contributed by atoms with E-state index in [2.05, 4.69) is 42.2 Å². The van der Waals surface area contributed by atoms with Crippen LogP contribution in [0.1, 0.15) is 37.1 Å². The number of aryl methyl sites for hydroxylation is 2. The highest BCUT2D eigenvalue weighted by Crippen LogP contribution is 2.21. The van der Waals surface area contributed by atoms with Gasteiger partial charge in [0.15, 0.2) is 0 Å². The molecule has 0 amide bonds. The summed E-state index contributed by atoms with van der Waals surface area (Å²) in [6.07, 6.45) is 4.79. The van der Waals surface area contributed by atoms with Gasteiger partial charge in [0.1, 0.15) is 0 Å². The largest absolute Gasteiger partial charge is 0.306 e. The summed E-state index contributed by atoms with van der Waals surface area (Å²) in [6.45, 7) is 4.33. The summed E-state index contributed by atoms with van der Waals surface area (Å²) in [4.78, 5) is 0. The Labute approximate surface area is 102 Å². The van der Waals surface area contributed by atoms with Crippen LogP contribution in [0.4, 0.5) is 0 Å². The van der Waals surface area contributed by atoms with Crippen molar-refractivity contribution in [3.05, 3.63) is 17.5 Å². The first-order chi connectivity index (χ1) is 7.66. The fourth-order valence-electron chi connectivity index (χ4n) is 2.36. The SMILES string of the molecule is Cc1nn(C)cc1C(C)NC1CCCSC1. The lowest BCUT2D eigenvalue weighted by atomic mass is 10.1. The third-order valence-corrected chi connectivity index (χ3v) is 4.38. The number of nitrogens with zero attached hydrogens (tertiary/aromatic N) is 2. The molecule has 1 N–H and O–H groups in total. The summed E-state index contributed by atoms with van der Waals surface area (Å²) in [5.74, 6) is 2.59. The Hall–Kier alpha value is -0.480. The molecule has 1 fully saturated rings. The van der Waals surface area contributed by atoms with E-state index in [1.807, 2.05) is 11.7 Å². The minimum Gasteiger partial charge on any atom is -0.306 e. The van der Waals surface area contributed by atoms with E-state index in [4.69, 9.17) is 0 Å². The molecule has 1 aromatic rings. The minimum absolute atomic E-state index is 0.414. The first kappa shape index (κ1) is 12.0. The third-order valence-electron chi connectivity index (χ3n) is 3.16. The van der Waals surface area contributed by atoms with Crippen LogP contribution in [-0.2, 0) is 7.05 Å². The third kappa shape index (κ3) is 2.80. The van der Waals surface area contributed by atoms with Gasteiger partial charge in [0.25, 0.3) is 0 Å². The van der Waals surface area contributed by atoms with Gasteiger partial charge in [-0.2, -0.15) is 16.9 Å². The Morgan fingerprint density at radius 3 is 3.00 bits per heavy atom. The van der Waals surface area contributed by atoms with E-state index >= 15 is 0 Å². The van der Waals surface area contributed by atoms with Gasteiger partial charge in [-0.05, 0) is 32.4 Å². The Bertz CT molecular complexity index is 342. The molecule has 0 bridgehead atoms. The van der Waals surface area contributed by atoms with E-state index < -0.39 is 0 Å². The molecular formula is C12H21N3S. The normalized spacial score (nSPS) is 23.3. The zero-order valence-electron chi connectivity index (χ0n) is 10.4. The van der Waals surface area contributed by atoms with Crippen LogP contribution in [0.5, 0.6) is 0 Å². The molecule has 4 heteroatoms. The predicted molar refractivity (Wildman–Crippen MR) is 69.8 cm³/mol. The summed E-state index contributed by atoms with van der Waals surface area (Å²) < 4.78 is 1.90. The first-order valence-electron chi connectivity index (χ1n) is 6.00. The molecule has 0 radical (unpaired) electrons. The molecule has 0 aromatic carbocycles. The molecule has 0 aliphatic carbocycles. The average molecular weight is 239 g/mol. The summed E-state index contributed by atoms with van der Waals surface area (Å²) in [5, 5.41) is 8.11. The van der Waals surface area contributed by atoms with E-state index in [0.717, 1.165) is 5.69 Å². The molecule has 1 aromatic heterocycles. The van der Waals surface area contributed by atoms with Gasteiger partial charge in [0, 0.05) is 36.6 Å². The zero-order chi connectivity index (χ0) is 11.5. The summed E-state index contributed by atoms with van der Waals surface area (Å²) in [7, 11) is 1.99. The highest BCUT2D eigenvalue weighted by atomic mass is 32.2. The van der Waals surface area contributed by atoms with Crippen LogP contribution in [-0.4, -0.2) is 27.3 Å². The molecule has 1 aliphatic heterocycles. The molecule has 3 nitrogen and oxygen atoms in total. The predicted octanol–water partition coefficient (Wildman–Crippen LogP) is 2.27. The first-order valence-corrected chi connectivity index (χ1v) is 7.16. The maximum absolute atomic E-state index is 4.40. The minimum atomic E-state index is 0.414. The molecule has 2 heterocycles. The Kier molecular flexibility index (Phi) is 3.92. The van der Waals surface area contributed by atoms with E-state index in [1.165, 1.54) is 29.9 Å². The van der Waals surface area contributed by atoms with E-state index in [-0.39, 0.29) is 0 Å². The summed E-state index contributed by atoms with van der Waals surface area (Å²) in [5.41, 5.74) is 2.48. The van der Waals surface area contributed by atoms with Crippen LogP contribution < -0.4 is 5.32 Å². The number of rotatable bonds is 3. The van der Waals surface area contributed by atoms with Gasteiger partial charge in [0.05, 0.1) is 5.69 Å². The van der Waals surface area contributed by atoms with Crippen molar-refractivity contribution in [3.63, 3.8) is 0 Å². The van der Waals surface area contributed by atoms with Crippen LogP contribution in [0.2, 0.25) is 0 Å². The Morgan fingerprint density at radius 1 is 1.62 bits per heavy atom. The monoisotopic (exact) mass is 239 g/mol. The molecule has 2 atom stereocenters. The van der Waals surface area contributed by atoms with Gasteiger partial charge in [-0.25, -0.2) is 0 Å². The molecule has 90 valence electrons. The number of nitrogens with one attached hydrogen (secondary N) is 1. The average Bonchev–Trinajstić information content (AvgIpc) is 2.59. The van der Waals surface area contributed by atoms with Crippen LogP contribution in [0.3, 0.4) is 0 Å². The van der Waals surface area contributed by atoms with E-state index in [9.17, 15) is 0 Å². The highest BCUT2D eigenvalue weighted by molar-refractivity contribution is 7.99. The number of hydrogen-bond donors (Lipinski definition) is 1. The standard InChI is InChI=1S/C12H21N3S/c1-9(12-7-15(3)14-10(12)2)13-11-5-4-6-16-8-11/h7,9,11,13H,4-6,8H2,1-3H3. The lowest BCUT2D eigenvalue weighted by molar-refractivity contribution is 0.451. The van der Waals surface area contributed by atoms with Crippen LogP contribution in [0.15, 0.2) is 6.20 Å². The van der Waals surface area contributed by atoms with Crippen molar-refractivity contribution in [2.45, 2.75) is 38.8 Å². The number of thioether (sulfide) groups is 1. The van der Waals surface area contributed by atoms with Crippen LogP contribution in [0.25, 0.3) is 0 Å². The fourth-order valence-corrected chi connectivity index (χ4v) is 3.44. The zero-order valence-corrected chi connectivity index (χ0v) is 11.2. The second kappa shape index (κ2) is 5.23. The molecule has 16 heavy (non-hydrogen) atoms. The van der Waals surface area contributed by atoms with Gasteiger partial charge in [-0.1, -0.05) is 0 Å². The van der Waals surface area contributed by atoms with Crippen LogP contribution >= 0.6 is 11.8 Å². The van der Waals surface area contributed by atoms with E-state index in [1.54, 1.807) is 0 Å². The van der Waals surface area contributed by atoms with Crippen molar-refractivity contribution in [1.82, 2.24) is 15.1 Å². The van der Waals surface area contributed by atoms with Crippen molar-refractivity contribution in [1.29, 1.82) is 0 Å². The van der Waals surface area contributed by atoms with Crippen molar-refractivity contribution in [3.8, 4) is 0 Å². The van der Waals surface area contributed by atoms with Gasteiger partial charge in [0.2, 0.25) is 0 Å². The Balaban J connectivity index is 1.96. The lowest BCUT2D eigenvalue weighted by Gasteiger charge is -2.26. The summed E-state index contributed by atoms with van der Waals surface area (Å²) in [6, 6.07) is 1.09. The van der Waals surface area contributed by atoms with Crippen molar-refractivity contribution in [2.75, 3.05) is 11.5 Å². The second-order valence-corrected chi connectivity index (χ2v) is 5.80. The Morgan fingerprint density at radius 2 is 2.44 bits per heavy atom. The maximum atomic E-state index is 4.40. The van der Waals surface area contributed by atoms with Crippen molar-refractivity contribution < 1.29 is 0 Å². The van der Waals surface area contributed by atoms with E-state index in [0.29, 0.717) is 12.1 Å². The smallest absolute Gasteiger partial charge is 0.0641 e. The molecular weight excluding hydrogens is 218 g/mol. The van der Waals surface area contributed by atoms with Crippen molar-refractivity contribution >= 4 is 11.8 Å². The summed E-state index contributed by atoms with van der Waals surface area (Å²) >= 11 is 2.07. The lowest BCUT2D eigenvalue weighted by Crippen LogP contribution is -2.35.